The molecule has 1 fully saturated rings. The van der Waals surface area contributed by atoms with Gasteiger partial charge >= 0.3 is 18.2 Å². The molecule has 0 aliphatic carbocycles. The van der Waals surface area contributed by atoms with Gasteiger partial charge in [0.15, 0.2) is 5.69 Å². The maximum absolute atomic E-state index is 12.8. The zero-order valence-corrected chi connectivity index (χ0v) is 25.1. The molecular formula is C29H34ClN5O7. The molecule has 42 heavy (non-hydrogen) atoms. The van der Waals surface area contributed by atoms with E-state index in [2.05, 4.69) is 20.6 Å². The van der Waals surface area contributed by atoms with Crippen molar-refractivity contribution in [2.75, 3.05) is 23.7 Å². The minimum absolute atomic E-state index is 0.0668. The smallest absolute Gasteiger partial charge is 0.415 e. The van der Waals surface area contributed by atoms with Gasteiger partial charge in [0.1, 0.15) is 23.6 Å². The Labute approximate surface area is 248 Å². The first-order chi connectivity index (χ1) is 19.6. The Morgan fingerprint density at radius 3 is 2.38 bits per heavy atom. The first-order valence-corrected chi connectivity index (χ1v) is 13.7. The molecule has 1 aliphatic rings. The van der Waals surface area contributed by atoms with Crippen LogP contribution in [0.3, 0.4) is 0 Å². The van der Waals surface area contributed by atoms with Crippen LogP contribution >= 0.6 is 11.6 Å². The maximum Gasteiger partial charge on any atom is 0.415 e. The van der Waals surface area contributed by atoms with Gasteiger partial charge in [-0.25, -0.2) is 19.9 Å². The number of carbonyl (C=O) groups excluding carboxylic acids is 3. The van der Waals surface area contributed by atoms with E-state index in [9.17, 15) is 14.4 Å². The molecule has 1 aliphatic heterocycles. The van der Waals surface area contributed by atoms with Gasteiger partial charge in [-0.15, -0.1) is 0 Å². The number of amides is 3. The fourth-order valence-corrected chi connectivity index (χ4v) is 4.09. The second-order valence-corrected chi connectivity index (χ2v) is 12.1. The number of likely N-dealkylation sites (tertiary alicyclic amines) is 1. The number of halogens is 1. The molecule has 1 atom stereocenters. The fraction of sp³-hybridized carbons (Fsp3) is 0.414. The van der Waals surface area contributed by atoms with Crippen LogP contribution in [0.4, 0.5) is 21.3 Å². The van der Waals surface area contributed by atoms with Gasteiger partial charge in [0.25, 0.3) is 5.91 Å². The minimum Gasteiger partial charge on any atom is -0.472 e. The first kappa shape index (κ1) is 30.6. The van der Waals surface area contributed by atoms with Crippen molar-refractivity contribution in [1.29, 1.82) is 0 Å². The van der Waals surface area contributed by atoms with Crippen LogP contribution in [0.5, 0.6) is 5.88 Å². The third-order valence-corrected chi connectivity index (χ3v) is 6.04. The van der Waals surface area contributed by atoms with Gasteiger partial charge in [0.2, 0.25) is 5.88 Å². The Morgan fingerprint density at radius 1 is 1.00 bits per heavy atom. The number of hydrogen-bond acceptors (Lipinski definition) is 9. The summed E-state index contributed by atoms with van der Waals surface area (Å²) in [5.74, 6) is -0.159. The third kappa shape index (κ3) is 8.59. The quantitative estimate of drug-likeness (QED) is 0.329. The highest BCUT2D eigenvalue weighted by Gasteiger charge is 2.31. The summed E-state index contributed by atoms with van der Waals surface area (Å²) < 4.78 is 21.7. The summed E-state index contributed by atoms with van der Waals surface area (Å²) in [6, 6.07) is 8.55. The van der Waals surface area contributed by atoms with Gasteiger partial charge in [0, 0.05) is 30.8 Å². The molecular weight excluding hydrogens is 566 g/mol. The Bertz CT molecular complexity index is 1440. The van der Waals surface area contributed by atoms with E-state index in [0.717, 1.165) is 17.4 Å². The summed E-state index contributed by atoms with van der Waals surface area (Å²) in [5.41, 5.74) is 0.528. The Morgan fingerprint density at radius 2 is 1.71 bits per heavy atom. The van der Waals surface area contributed by atoms with Crippen molar-refractivity contribution in [3.8, 4) is 17.0 Å². The van der Waals surface area contributed by atoms with Crippen molar-refractivity contribution in [1.82, 2.24) is 14.9 Å². The lowest BCUT2D eigenvalue weighted by atomic mass is 10.1. The van der Waals surface area contributed by atoms with E-state index < -0.39 is 23.2 Å². The predicted octanol–water partition coefficient (Wildman–Crippen LogP) is 6.38. The van der Waals surface area contributed by atoms with E-state index >= 15 is 0 Å². The predicted molar refractivity (Wildman–Crippen MR) is 156 cm³/mol. The second-order valence-electron chi connectivity index (χ2n) is 11.7. The second kappa shape index (κ2) is 12.3. The van der Waals surface area contributed by atoms with Crippen LogP contribution in [0.1, 0.15) is 58.5 Å². The number of benzene rings is 1. The lowest BCUT2D eigenvalue weighted by Crippen LogP contribution is -2.36. The summed E-state index contributed by atoms with van der Waals surface area (Å²) in [6.45, 7) is 11.6. The van der Waals surface area contributed by atoms with Gasteiger partial charge in [0.05, 0.1) is 17.3 Å². The molecule has 0 radical (unpaired) electrons. The summed E-state index contributed by atoms with van der Waals surface area (Å²) in [5, 5.41) is 5.35. The average Bonchev–Trinajstić information content (AvgIpc) is 3.54. The summed E-state index contributed by atoms with van der Waals surface area (Å²) >= 11 is 6.34. The molecule has 0 saturated carbocycles. The number of carbonyl (C=O) groups is 3. The highest BCUT2D eigenvalue weighted by atomic mass is 35.5. The highest BCUT2D eigenvalue weighted by molar-refractivity contribution is 6.34. The van der Waals surface area contributed by atoms with Gasteiger partial charge in [-0.3, -0.25) is 4.79 Å². The van der Waals surface area contributed by atoms with E-state index in [0.29, 0.717) is 36.1 Å². The highest BCUT2D eigenvalue weighted by Crippen LogP contribution is 2.30. The molecule has 2 N–H and O–H groups in total. The number of aromatic nitrogens is 2. The van der Waals surface area contributed by atoms with Crippen LogP contribution in [0.2, 0.25) is 5.02 Å². The van der Waals surface area contributed by atoms with Crippen molar-refractivity contribution >= 4 is 41.4 Å². The third-order valence-electron chi connectivity index (χ3n) is 5.71. The number of rotatable bonds is 6. The molecule has 12 nitrogen and oxygen atoms in total. The SMILES string of the molecule is CC(C)(C)OC(=O)Nc1nc(C(=O)Nc2cc(-c3ccc(OC4CCN(C(=O)OC(C)(C)C)C4)nc3)ccc2Cl)co1. The van der Waals surface area contributed by atoms with Crippen LogP contribution in [-0.2, 0) is 9.47 Å². The number of ether oxygens (including phenoxy) is 3. The number of hydrogen-bond donors (Lipinski definition) is 2. The maximum atomic E-state index is 12.8. The fourth-order valence-electron chi connectivity index (χ4n) is 3.92. The molecule has 4 rings (SSSR count). The number of nitrogens with one attached hydrogen (secondary N) is 2. The largest absolute Gasteiger partial charge is 0.472 e. The van der Waals surface area contributed by atoms with Gasteiger partial charge in [-0.05, 0) is 65.3 Å². The molecule has 3 aromatic rings. The molecule has 0 bridgehead atoms. The van der Waals surface area contributed by atoms with Crippen molar-refractivity contribution in [2.24, 2.45) is 0 Å². The van der Waals surface area contributed by atoms with Crippen LogP contribution in [0.15, 0.2) is 47.2 Å². The lowest BCUT2D eigenvalue weighted by molar-refractivity contribution is 0.0274. The molecule has 1 unspecified atom stereocenters. The Hall–Kier alpha value is -4.32. The molecule has 2 aromatic heterocycles. The van der Waals surface area contributed by atoms with E-state index in [4.69, 9.17) is 30.2 Å². The van der Waals surface area contributed by atoms with Gasteiger partial charge in [-0.1, -0.05) is 17.7 Å². The van der Waals surface area contributed by atoms with Crippen LogP contribution in [0, 0.1) is 0 Å². The molecule has 3 heterocycles. The summed E-state index contributed by atoms with van der Waals surface area (Å²) in [7, 11) is 0. The molecule has 0 spiro atoms. The summed E-state index contributed by atoms with van der Waals surface area (Å²) in [6.07, 6.45) is 2.13. The van der Waals surface area contributed by atoms with Crippen molar-refractivity contribution in [3.05, 3.63) is 53.5 Å². The van der Waals surface area contributed by atoms with Crippen LogP contribution in [0.25, 0.3) is 11.1 Å². The van der Waals surface area contributed by atoms with Gasteiger partial charge < -0.3 is 28.8 Å². The zero-order valence-electron chi connectivity index (χ0n) is 24.3. The van der Waals surface area contributed by atoms with Crippen molar-refractivity contribution in [2.45, 2.75) is 65.3 Å². The average molecular weight is 600 g/mol. The Balaban J connectivity index is 1.36. The normalized spacial score (nSPS) is 15.2. The van der Waals surface area contributed by atoms with Crippen molar-refractivity contribution in [3.63, 3.8) is 0 Å². The van der Waals surface area contributed by atoms with Crippen LogP contribution in [-0.4, -0.2) is 63.4 Å². The molecule has 1 saturated heterocycles. The van der Waals surface area contributed by atoms with E-state index in [1.165, 1.54) is 0 Å². The zero-order chi connectivity index (χ0) is 30.7. The standard InChI is InChI=1S/C29H34ClN5O7/c1-28(2,3)41-26(37)34-25-33-22(16-39-25)24(36)32-21-13-17(7-9-20(21)30)18-8-10-23(31-14-18)40-19-11-12-35(15-19)27(38)42-29(4,5)6/h7-10,13-14,16,19H,11-12,15H2,1-6H3,(H,32,36)(H,33,34,37). The first-order valence-electron chi connectivity index (χ1n) is 13.3. The molecule has 3 amide bonds. The number of oxazole rings is 1. The van der Waals surface area contributed by atoms with Crippen LogP contribution < -0.4 is 15.4 Å². The molecule has 1 aromatic carbocycles. The summed E-state index contributed by atoms with van der Waals surface area (Å²) in [4.78, 5) is 47.0. The Kier molecular flexibility index (Phi) is 8.95. The van der Waals surface area contributed by atoms with Crippen molar-refractivity contribution < 1.29 is 33.0 Å². The number of nitrogens with zero attached hydrogens (tertiary/aromatic N) is 3. The monoisotopic (exact) mass is 599 g/mol. The minimum atomic E-state index is -0.761. The topological polar surface area (TPSA) is 145 Å². The van der Waals surface area contributed by atoms with E-state index in [1.807, 2.05) is 26.8 Å². The van der Waals surface area contributed by atoms with E-state index in [-0.39, 0.29) is 23.9 Å². The van der Waals surface area contributed by atoms with E-state index in [1.54, 1.807) is 56.1 Å². The number of pyridine rings is 1. The molecule has 13 heteroatoms. The lowest BCUT2D eigenvalue weighted by Gasteiger charge is -2.24. The molecule has 224 valence electrons. The van der Waals surface area contributed by atoms with Gasteiger partial charge in [-0.2, -0.15) is 4.98 Å². The number of anilines is 2.